The third kappa shape index (κ3) is 5.06. The van der Waals surface area contributed by atoms with Crippen LogP contribution in [0.5, 0.6) is 0 Å². The number of aromatic nitrogens is 2. The van der Waals surface area contributed by atoms with Crippen molar-refractivity contribution in [3.63, 3.8) is 0 Å². The van der Waals surface area contributed by atoms with Crippen molar-refractivity contribution in [2.45, 2.75) is 31.3 Å². The first-order valence-electron chi connectivity index (χ1n) is 7.13. The molecule has 1 aliphatic heterocycles. The van der Waals surface area contributed by atoms with Crippen LogP contribution in [0, 0.1) is 6.92 Å². The van der Waals surface area contributed by atoms with Gasteiger partial charge in [0.05, 0.1) is 11.0 Å². The first kappa shape index (κ1) is 18.6. The van der Waals surface area contributed by atoms with E-state index in [1.54, 1.807) is 0 Å². The molecule has 0 amide bonds. The lowest BCUT2D eigenvalue weighted by atomic mass is 10.1. The highest BCUT2D eigenvalue weighted by atomic mass is 35.5. The van der Waals surface area contributed by atoms with E-state index in [-0.39, 0.29) is 24.8 Å². The van der Waals surface area contributed by atoms with Gasteiger partial charge < -0.3 is 9.88 Å². The van der Waals surface area contributed by atoms with Crippen molar-refractivity contribution in [2.24, 2.45) is 0 Å². The van der Waals surface area contributed by atoms with E-state index >= 15 is 0 Å². The summed E-state index contributed by atoms with van der Waals surface area (Å²) in [6.07, 6.45) is 4.15. The molecule has 0 unspecified atom stereocenters. The second kappa shape index (κ2) is 8.89. The molecular weight excluding hydrogens is 325 g/mol. The van der Waals surface area contributed by atoms with Gasteiger partial charge in [-0.2, -0.15) is 0 Å². The smallest absolute Gasteiger partial charge is 0.166 e. The Morgan fingerprint density at radius 1 is 1.19 bits per heavy atom. The Hall–Kier alpha value is -0.420. The molecule has 0 bridgehead atoms. The fourth-order valence-electron chi connectivity index (χ4n) is 2.62. The van der Waals surface area contributed by atoms with Gasteiger partial charge in [0.15, 0.2) is 5.16 Å². The van der Waals surface area contributed by atoms with Crippen LogP contribution in [0.1, 0.15) is 24.8 Å². The van der Waals surface area contributed by atoms with E-state index in [2.05, 4.69) is 40.0 Å². The van der Waals surface area contributed by atoms with Crippen molar-refractivity contribution in [3.05, 3.63) is 23.8 Å². The number of nitrogens with zero attached hydrogens (tertiary/aromatic N) is 2. The molecule has 1 N–H and O–H groups in total. The first-order chi connectivity index (χ1) is 9.31. The standard InChI is InChI=1S/C15H21N3S.2ClH/c1-12-5-6-13-14(11-12)17-15(16-13)19-10-9-18-7-3-2-4-8-18;;/h5-6,11H,2-4,7-10H2,1H3,(H,16,17);2*1H. The number of aromatic amines is 1. The Morgan fingerprint density at radius 3 is 2.71 bits per heavy atom. The molecule has 3 nitrogen and oxygen atoms in total. The van der Waals surface area contributed by atoms with Crippen LogP contribution in [-0.4, -0.2) is 40.3 Å². The lowest BCUT2D eigenvalue weighted by Crippen LogP contribution is -2.31. The van der Waals surface area contributed by atoms with Gasteiger partial charge >= 0.3 is 0 Å². The Kier molecular flexibility index (Phi) is 7.88. The van der Waals surface area contributed by atoms with Crippen molar-refractivity contribution >= 4 is 47.6 Å². The van der Waals surface area contributed by atoms with Gasteiger partial charge in [0.2, 0.25) is 0 Å². The minimum Gasteiger partial charge on any atom is -0.333 e. The number of aryl methyl sites for hydroxylation is 1. The zero-order valence-electron chi connectivity index (χ0n) is 12.3. The van der Waals surface area contributed by atoms with Crippen molar-refractivity contribution in [1.29, 1.82) is 0 Å². The quantitative estimate of drug-likeness (QED) is 0.837. The van der Waals surface area contributed by atoms with Gasteiger partial charge in [-0.1, -0.05) is 24.2 Å². The molecule has 1 saturated heterocycles. The van der Waals surface area contributed by atoms with Crippen molar-refractivity contribution in [3.8, 4) is 0 Å². The van der Waals surface area contributed by atoms with Crippen LogP contribution in [0.25, 0.3) is 11.0 Å². The Labute approximate surface area is 143 Å². The summed E-state index contributed by atoms with van der Waals surface area (Å²) in [5.41, 5.74) is 3.50. The number of likely N-dealkylation sites (tertiary alicyclic amines) is 1. The number of fused-ring (bicyclic) bond motifs is 1. The van der Waals surface area contributed by atoms with Crippen molar-refractivity contribution in [2.75, 3.05) is 25.4 Å². The predicted molar refractivity (Wildman–Crippen MR) is 96.3 cm³/mol. The number of halogens is 2. The molecule has 1 fully saturated rings. The van der Waals surface area contributed by atoms with E-state index in [9.17, 15) is 0 Å². The molecule has 0 radical (unpaired) electrons. The SMILES string of the molecule is Cc1ccc2[nH]c(SCCN3CCCCC3)nc2c1.Cl.Cl. The average Bonchev–Trinajstić information content (AvgIpc) is 2.82. The fraction of sp³-hybridized carbons (Fsp3) is 0.533. The molecule has 2 heterocycles. The van der Waals surface area contributed by atoms with Crippen LogP contribution in [0.15, 0.2) is 23.4 Å². The number of H-pyrrole nitrogens is 1. The highest BCUT2D eigenvalue weighted by Gasteiger charge is 2.10. The maximum atomic E-state index is 4.65. The number of hydrogen-bond donors (Lipinski definition) is 1. The number of rotatable bonds is 4. The number of thioether (sulfide) groups is 1. The van der Waals surface area contributed by atoms with E-state index in [0.717, 1.165) is 21.9 Å². The maximum Gasteiger partial charge on any atom is 0.166 e. The topological polar surface area (TPSA) is 31.9 Å². The summed E-state index contributed by atoms with van der Waals surface area (Å²) in [6, 6.07) is 6.38. The Balaban J connectivity index is 0.00000110. The summed E-state index contributed by atoms with van der Waals surface area (Å²) in [5, 5.41) is 1.05. The fourth-order valence-corrected chi connectivity index (χ4v) is 3.50. The molecule has 1 aromatic carbocycles. The minimum absolute atomic E-state index is 0. The summed E-state index contributed by atoms with van der Waals surface area (Å²) in [4.78, 5) is 10.6. The van der Waals surface area contributed by atoms with E-state index in [1.165, 1.54) is 44.5 Å². The lowest BCUT2D eigenvalue weighted by Gasteiger charge is -2.25. The van der Waals surface area contributed by atoms with Gasteiger partial charge in [0.25, 0.3) is 0 Å². The third-order valence-corrected chi connectivity index (χ3v) is 4.57. The first-order valence-corrected chi connectivity index (χ1v) is 8.11. The van der Waals surface area contributed by atoms with Gasteiger partial charge in [0, 0.05) is 12.3 Å². The third-order valence-electron chi connectivity index (χ3n) is 3.71. The van der Waals surface area contributed by atoms with Crippen LogP contribution in [0.3, 0.4) is 0 Å². The molecular formula is C15H23Cl2N3S. The largest absolute Gasteiger partial charge is 0.333 e. The lowest BCUT2D eigenvalue weighted by molar-refractivity contribution is 0.242. The summed E-state index contributed by atoms with van der Waals surface area (Å²) < 4.78 is 0. The van der Waals surface area contributed by atoms with Gasteiger partial charge in [-0.3, -0.25) is 0 Å². The molecule has 0 spiro atoms. The number of piperidine rings is 1. The molecule has 118 valence electrons. The van der Waals surface area contributed by atoms with E-state index in [1.807, 2.05) is 11.8 Å². The molecule has 0 aliphatic carbocycles. The van der Waals surface area contributed by atoms with Gasteiger partial charge in [-0.25, -0.2) is 4.98 Å². The van der Waals surface area contributed by atoms with E-state index in [0.29, 0.717) is 0 Å². The van der Waals surface area contributed by atoms with Crippen LogP contribution in [-0.2, 0) is 0 Å². The highest BCUT2D eigenvalue weighted by molar-refractivity contribution is 7.99. The van der Waals surface area contributed by atoms with Crippen LogP contribution in [0.2, 0.25) is 0 Å². The molecule has 6 heteroatoms. The minimum atomic E-state index is 0. The number of imidazole rings is 1. The maximum absolute atomic E-state index is 4.65. The summed E-state index contributed by atoms with van der Waals surface area (Å²) in [7, 11) is 0. The monoisotopic (exact) mass is 347 g/mol. The predicted octanol–water partition coefficient (Wildman–Crippen LogP) is 4.29. The Morgan fingerprint density at radius 2 is 1.95 bits per heavy atom. The van der Waals surface area contributed by atoms with Crippen LogP contribution < -0.4 is 0 Å². The average molecular weight is 348 g/mol. The zero-order valence-corrected chi connectivity index (χ0v) is 14.8. The van der Waals surface area contributed by atoms with E-state index < -0.39 is 0 Å². The number of hydrogen-bond acceptors (Lipinski definition) is 3. The van der Waals surface area contributed by atoms with E-state index in [4.69, 9.17) is 0 Å². The Bertz CT molecular complexity index is 553. The van der Waals surface area contributed by atoms with Gasteiger partial charge in [-0.15, -0.1) is 24.8 Å². The normalized spacial score (nSPS) is 15.5. The molecule has 21 heavy (non-hydrogen) atoms. The number of benzene rings is 1. The molecule has 1 aromatic heterocycles. The molecule has 2 aromatic rings. The molecule has 1 aliphatic rings. The summed E-state index contributed by atoms with van der Waals surface area (Å²) in [5.74, 6) is 1.12. The molecule has 0 atom stereocenters. The van der Waals surface area contributed by atoms with Crippen LogP contribution >= 0.6 is 36.6 Å². The molecule has 3 rings (SSSR count). The second-order valence-corrected chi connectivity index (χ2v) is 6.40. The van der Waals surface area contributed by atoms with Crippen molar-refractivity contribution < 1.29 is 0 Å². The summed E-state index contributed by atoms with van der Waals surface area (Å²) in [6.45, 7) is 5.85. The van der Waals surface area contributed by atoms with Gasteiger partial charge in [-0.05, 0) is 50.6 Å². The van der Waals surface area contributed by atoms with Crippen LogP contribution in [0.4, 0.5) is 0 Å². The highest BCUT2D eigenvalue weighted by Crippen LogP contribution is 2.20. The second-order valence-electron chi connectivity index (χ2n) is 5.31. The molecule has 0 saturated carbocycles. The summed E-state index contributed by atoms with van der Waals surface area (Å²) >= 11 is 1.84. The number of nitrogens with one attached hydrogen (secondary N) is 1. The zero-order chi connectivity index (χ0) is 13.1. The van der Waals surface area contributed by atoms with Gasteiger partial charge in [0.1, 0.15) is 0 Å². The van der Waals surface area contributed by atoms with Crippen molar-refractivity contribution in [1.82, 2.24) is 14.9 Å².